The highest BCUT2D eigenvalue weighted by Gasteiger charge is 2.02. The van der Waals surface area contributed by atoms with Crippen molar-refractivity contribution in [3.63, 3.8) is 0 Å². The van der Waals surface area contributed by atoms with Gasteiger partial charge in [0.25, 0.3) is 0 Å². The number of hydrogen-bond donors (Lipinski definition) is 1. The fourth-order valence-corrected chi connectivity index (χ4v) is 2.36. The van der Waals surface area contributed by atoms with Gasteiger partial charge in [0.15, 0.2) is 0 Å². The lowest BCUT2D eigenvalue weighted by molar-refractivity contribution is 1.13. The van der Waals surface area contributed by atoms with Gasteiger partial charge in [-0.25, -0.2) is 0 Å². The van der Waals surface area contributed by atoms with Gasteiger partial charge in [0.2, 0.25) is 0 Å². The van der Waals surface area contributed by atoms with E-state index in [-0.39, 0.29) is 0 Å². The molecule has 3 heteroatoms. The Morgan fingerprint density at radius 2 is 1.89 bits per heavy atom. The van der Waals surface area contributed by atoms with E-state index < -0.39 is 0 Å². The first-order valence-electron chi connectivity index (χ1n) is 6.10. The molecule has 0 bridgehead atoms. The Kier molecular flexibility index (Phi) is 4.24. The SMILES string of the molecule is Cc1ccc(CNc2ccc(C#N)cc2Br)cc1C. The summed E-state index contributed by atoms with van der Waals surface area (Å²) in [6, 6.07) is 14.1. The van der Waals surface area contributed by atoms with Crippen LogP contribution in [0, 0.1) is 25.2 Å². The number of halogens is 1. The quantitative estimate of drug-likeness (QED) is 0.902. The Bertz CT molecular complexity index is 642. The first kappa shape index (κ1) is 13.6. The van der Waals surface area contributed by atoms with Crippen molar-refractivity contribution < 1.29 is 0 Å². The van der Waals surface area contributed by atoms with Crippen molar-refractivity contribution in [1.29, 1.82) is 5.26 Å². The highest BCUT2D eigenvalue weighted by atomic mass is 79.9. The first-order chi connectivity index (χ1) is 9.10. The largest absolute Gasteiger partial charge is 0.380 e. The normalized spacial score (nSPS) is 10.0. The van der Waals surface area contributed by atoms with Crippen LogP contribution in [-0.4, -0.2) is 0 Å². The molecule has 0 atom stereocenters. The first-order valence-corrected chi connectivity index (χ1v) is 6.89. The van der Waals surface area contributed by atoms with Crippen molar-refractivity contribution in [1.82, 2.24) is 0 Å². The van der Waals surface area contributed by atoms with Crippen molar-refractivity contribution in [3.05, 3.63) is 63.1 Å². The Morgan fingerprint density at radius 1 is 1.11 bits per heavy atom. The lowest BCUT2D eigenvalue weighted by Gasteiger charge is -2.10. The van der Waals surface area contributed by atoms with Crippen LogP contribution in [0.2, 0.25) is 0 Å². The van der Waals surface area contributed by atoms with Gasteiger partial charge < -0.3 is 5.32 Å². The van der Waals surface area contributed by atoms with Crippen molar-refractivity contribution in [2.24, 2.45) is 0 Å². The number of nitriles is 1. The van der Waals surface area contributed by atoms with Gasteiger partial charge in [0.1, 0.15) is 0 Å². The molecule has 2 nitrogen and oxygen atoms in total. The van der Waals surface area contributed by atoms with Gasteiger partial charge in [-0.2, -0.15) is 5.26 Å². The van der Waals surface area contributed by atoms with E-state index in [4.69, 9.17) is 5.26 Å². The molecule has 2 aromatic carbocycles. The van der Waals surface area contributed by atoms with Crippen molar-refractivity contribution >= 4 is 21.6 Å². The van der Waals surface area contributed by atoms with E-state index >= 15 is 0 Å². The standard InChI is InChI=1S/C16H15BrN2/c1-11-3-4-14(7-12(11)2)10-19-16-6-5-13(9-18)8-15(16)17/h3-8,19H,10H2,1-2H3. The zero-order chi connectivity index (χ0) is 13.8. The Labute approximate surface area is 122 Å². The maximum absolute atomic E-state index is 8.83. The number of anilines is 1. The highest BCUT2D eigenvalue weighted by Crippen LogP contribution is 2.24. The fourth-order valence-electron chi connectivity index (χ4n) is 1.84. The predicted octanol–water partition coefficient (Wildman–Crippen LogP) is 4.55. The van der Waals surface area contributed by atoms with Gasteiger partial charge in [0.05, 0.1) is 11.6 Å². The van der Waals surface area contributed by atoms with Crippen LogP contribution >= 0.6 is 15.9 Å². The molecule has 0 aromatic heterocycles. The van der Waals surface area contributed by atoms with Gasteiger partial charge in [-0.3, -0.25) is 0 Å². The van der Waals surface area contributed by atoms with E-state index in [0.29, 0.717) is 5.56 Å². The minimum atomic E-state index is 0.656. The average Bonchev–Trinajstić information content (AvgIpc) is 2.41. The van der Waals surface area contributed by atoms with Crippen molar-refractivity contribution in [2.75, 3.05) is 5.32 Å². The predicted molar refractivity (Wildman–Crippen MR) is 82.1 cm³/mol. The van der Waals surface area contributed by atoms with E-state index in [2.05, 4.69) is 59.4 Å². The number of aryl methyl sites for hydroxylation is 2. The van der Waals surface area contributed by atoms with E-state index in [0.717, 1.165) is 16.7 Å². The van der Waals surface area contributed by atoms with Gasteiger partial charge in [0, 0.05) is 16.7 Å². The van der Waals surface area contributed by atoms with Crippen LogP contribution in [0.25, 0.3) is 0 Å². The molecule has 0 unspecified atom stereocenters. The third-order valence-corrected chi connectivity index (χ3v) is 3.81. The van der Waals surface area contributed by atoms with Crippen LogP contribution in [0.5, 0.6) is 0 Å². The van der Waals surface area contributed by atoms with Gasteiger partial charge in [-0.05, 0) is 64.7 Å². The zero-order valence-corrected chi connectivity index (χ0v) is 12.6. The second-order valence-corrected chi connectivity index (χ2v) is 5.43. The summed E-state index contributed by atoms with van der Waals surface area (Å²) in [4.78, 5) is 0. The molecule has 2 aromatic rings. The number of rotatable bonds is 3. The number of nitrogens with zero attached hydrogens (tertiary/aromatic N) is 1. The molecule has 0 fully saturated rings. The Morgan fingerprint density at radius 3 is 2.53 bits per heavy atom. The van der Waals surface area contributed by atoms with Crippen molar-refractivity contribution in [3.8, 4) is 6.07 Å². The Hall–Kier alpha value is -1.79. The summed E-state index contributed by atoms with van der Waals surface area (Å²) >= 11 is 3.47. The molecule has 19 heavy (non-hydrogen) atoms. The second kappa shape index (κ2) is 5.90. The molecule has 1 N–H and O–H groups in total. The molecule has 0 aliphatic rings. The molecule has 0 saturated carbocycles. The molecule has 0 aliphatic heterocycles. The zero-order valence-electron chi connectivity index (χ0n) is 11.0. The Balaban J connectivity index is 2.10. The summed E-state index contributed by atoms with van der Waals surface area (Å²) in [5.41, 5.74) is 5.52. The monoisotopic (exact) mass is 314 g/mol. The van der Waals surface area contributed by atoms with Crippen molar-refractivity contribution in [2.45, 2.75) is 20.4 Å². The molecular weight excluding hydrogens is 300 g/mol. The fraction of sp³-hybridized carbons (Fsp3) is 0.188. The second-order valence-electron chi connectivity index (χ2n) is 4.58. The van der Waals surface area contributed by atoms with E-state index in [1.807, 2.05) is 18.2 Å². The summed E-state index contributed by atoms with van der Waals surface area (Å²) in [6.45, 7) is 5.01. The molecule has 96 valence electrons. The molecule has 0 radical (unpaired) electrons. The molecular formula is C16H15BrN2. The van der Waals surface area contributed by atoms with Gasteiger partial charge in [-0.1, -0.05) is 18.2 Å². The van der Waals surface area contributed by atoms with Crippen LogP contribution in [0.15, 0.2) is 40.9 Å². The third kappa shape index (κ3) is 3.36. The maximum atomic E-state index is 8.83. The molecule has 0 amide bonds. The molecule has 0 heterocycles. The minimum absolute atomic E-state index is 0.656. The van der Waals surface area contributed by atoms with Crippen LogP contribution < -0.4 is 5.32 Å². The smallest absolute Gasteiger partial charge is 0.0992 e. The van der Waals surface area contributed by atoms with E-state index in [9.17, 15) is 0 Å². The summed E-state index contributed by atoms with van der Waals surface area (Å²) < 4.78 is 0.912. The van der Waals surface area contributed by atoms with Gasteiger partial charge >= 0.3 is 0 Å². The summed E-state index contributed by atoms with van der Waals surface area (Å²) in [5, 5.41) is 12.2. The summed E-state index contributed by atoms with van der Waals surface area (Å²) in [5.74, 6) is 0. The number of benzene rings is 2. The average molecular weight is 315 g/mol. The highest BCUT2D eigenvalue weighted by molar-refractivity contribution is 9.10. The summed E-state index contributed by atoms with van der Waals surface area (Å²) in [7, 11) is 0. The minimum Gasteiger partial charge on any atom is -0.380 e. The van der Waals surface area contributed by atoms with Crippen LogP contribution in [0.4, 0.5) is 5.69 Å². The summed E-state index contributed by atoms with van der Waals surface area (Å²) in [6.07, 6.45) is 0. The third-order valence-electron chi connectivity index (χ3n) is 3.15. The lowest BCUT2D eigenvalue weighted by atomic mass is 10.1. The molecule has 0 spiro atoms. The molecule has 0 aliphatic carbocycles. The topological polar surface area (TPSA) is 35.8 Å². The van der Waals surface area contributed by atoms with Crippen LogP contribution in [0.1, 0.15) is 22.3 Å². The molecule has 0 saturated heterocycles. The van der Waals surface area contributed by atoms with Gasteiger partial charge in [-0.15, -0.1) is 0 Å². The van der Waals surface area contributed by atoms with Crippen LogP contribution in [0.3, 0.4) is 0 Å². The molecule has 2 rings (SSSR count). The van der Waals surface area contributed by atoms with E-state index in [1.165, 1.54) is 16.7 Å². The maximum Gasteiger partial charge on any atom is 0.0992 e. The number of hydrogen-bond acceptors (Lipinski definition) is 2. The number of nitrogens with one attached hydrogen (secondary N) is 1. The van der Waals surface area contributed by atoms with Crippen LogP contribution in [-0.2, 0) is 6.54 Å². The van der Waals surface area contributed by atoms with E-state index in [1.54, 1.807) is 0 Å². The lowest BCUT2D eigenvalue weighted by Crippen LogP contribution is -2.01.